The fraction of sp³-hybridized carbons (Fsp3) is 0.286. The Morgan fingerprint density at radius 1 is 1.14 bits per heavy atom. The molecule has 8 heteroatoms. The van der Waals surface area contributed by atoms with Gasteiger partial charge in [-0.3, -0.25) is 4.79 Å². The van der Waals surface area contributed by atoms with Crippen LogP contribution < -0.4 is 4.74 Å². The van der Waals surface area contributed by atoms with Gasteiger partial charge in [-0.25, -0.2) is 0 Å². The molecule has 152 valence electrons. The summed E-state index contributed by atoms with van der Waals surface area (Å²) in [6.07, 6.45) is 0.739. The summed E-state index contributed by atoms with van der Waals surface area (Å²) >= 11 is 12.3. The number of nitrogens with zero attached hydrogens (tertiary/aromatic N) is 3. The highest BCUT2D eigenvalue weighted by atomic mass is 35.5. The maximum absolute atomic E-state index is 12.5. The largest absolute Gasteiger partial charge is 0.494 e. The fourth-order valence-electron chi connectivity index (χ4n) is 2.79. The summed E-state index contributed by atoms with van der Waals surface area (Å²) in [6.45, 7) is 2.76. The van der Waals surface area contributed by atoms with Crippen LogP contribution in [0.15, 0.2) is 47.0 Å². The van der Waals surface area contributed by atoms with Gasteiger partial charge in [0.25, 0.3) is 0 Å². The molecule has 0 bridgehead atoms. The van der Waals surface area contributed by atoms with E-state index in [-0.39, 0.29) is 18.9 Å². The van der Waals surface area contributed by atoms with E-state index in [1.807, 2.05) is 31.2 Å². The molecule has 1 heterocycles. The molecule has 0 N–H and O–H groups in total. The predicted octanol–water partition coefficient (Wildman–Crippen LogP) is 5.03. The Bertz CT molecular complexity index is 953. The van der Waals surface area contributed by atoms with Crippen LogP contribution in [0.25, 0.3) is 11.4 Å². The molecule has 29 heavy (non-hydrogen) atoms. The van der Waals surface area contributed by atoms with Crippen LogP contribution in [0, 0.1) is 0 Å². The van der Waals surface area contributed by atoms with Crippen molar-refractivity contribution >= 4 is 29.1 Å². The van der Waals surface area contributed by atoms with Crippen LogP contribution >= 0.6 is 23.2 Å². The Morgan fingerprint density at radius 2 is 1.83 bits per heavy atom. The first kappa shape index (κ1) is 21.1. The van der Waals surface area contributed by atoms with Crippen molar-refractivity contribution in [2.45, 2.75) is 26.3 Å². The number of amides is 1. The Hall–Kier alpha value is -2.57. The number of carbonyl (C=O) groups is 1. The van der Waals surface area contributed by atoms with Crippen LogP contribution in [0.4, 0.5) is 0 Å². The molecule has 0 aliphatic rings. The van der Waals surface area contributed by atoms with E-state index in [1.54, 1.807) is 30.1 Å². The maximum Gasteiger partial charge on any atom is 0.246 e. The maximum atomic E-state index is 12.5. The summed E-state index contributed by atoms with van der Waals surface area (Å²) in [5, 5.41) is 5.11. The molecule has 3 aromatic rings. The lowest BCUT2D eigenvalue weighted by Crippen LogP contribution is -2.26. The molecule has 0 radical (unpaired) electrons. The van der Waals surface area contributed by atoms with Gasteiger partial charge < -0.3 is 14.2 Å². The number of benzene rings is 2. The van der Waals surface area contributed by atoms with Gasteiger partial charge in [-0.1, -0.05) is 34.4 Å². The molecule has 0 fully saturated rings. The third kappa shape index (κ3) is 5.49. The second-order valence-electron chi connectivity index (χ2n) is 6.42. The van der Waals surface area contributed by atoms with Crippen LogP contribution in [0.5, 0.6) is 5.75 Å². The summed E-state index contributed by atoms with van der Waals surface area (Å²) < 4.78 is 10.7. The van der Waals surface area contributed by atoms with Crippen molar-refractivity contribution < 1.29 is 14.1 Å². The molecule has 3 rings (SSSR count). The zero-order valence-electron chi connectivity index (χ0n) is 16.2. The van der Waals surface area contributed by atoms with Gasteiger partial charge in [0, 0.05) is 29.1 Å². The zero-order chi connectivity index (χ0) is 20.8. The van der Waals surface area contributed by atoms with Gasteiger partial charge in [-0.2, -0.15) is 4.98 Å². The number of hydrogen-bond acceptors (Lipinski definition) is 5. The molecular weight excluding hydrogens is 413 g/mol. The Balaban J connectivity index is 1.58. The topological polar surface area (TPSA) is 68.5 Å². The first-order chi connectivity index (χ1) is 14.0. The molecule has 0 aliphatic heterocycles. The smallest absolute Gasteiger partial charge is 0.246 e. The van der Waals surface area contributed by atoms with E-state index >= 15 is 0 Å². The van der Waals surface area contributed by atoms with Gasteiger partial charge >= 0.3 is 0 Å². The monoisotopic (exact) mass is 433 g/mol. The number of rotatable bonds is 8. The van der Waals surface area contributed by atoms with Crippen molar-refractivity contribution in [1.29, 1.82) is 0 Å². The van der Waals surface area contributed by atoms with Crippen LogP contribution in [0.2, 0.25) is 10.0 Å². The minimum atomic E-state index is -0.0678. The molecule has 0 spiro atoms. The van der Waals surface area contributed by atoms with Crippen LogP contribution in [-0.4, -0.2) is 34.6 Å². The molecular formula is C21H21Cl2N3O3. The fourth-order valence-corrected chi connectivity index (χ4v) is 3.37. The summed E-state index contributed by atoms with van der Waals surface area (Å²) in [4.78, 5) is 18.4. The number of halogens is 2. The van der Waals surface area contributed by atoms with Gasteiger partial charge in [0.2, 0.25) is 17.6 Å². The Kier molecular flexibility index (Phi) is 7.12. The third-order valence-corrected chi connectivity index (χ3v) is 5.05. The molecule has 1 amide bonds. The molecule has 0 saturated heterocycles. The van der Waals surface area contributed by atoms with Crippen molar-refractivity contribution in [2.24, 2.45) is 0 Å². The average molecular weight is 434 g/mol. The SMILES string of the molecule is CCOc1ccc(-c2noc(CN(C)C(=O)CCc3c(Cl)cccc3Cl)n2)cc1. The molecule has 6 nitrogen and oxygen atoms in total. The predicted molar refractivity (Wildman–Crippen MR) is 112 cm³/mol. The second-order valence-corrected chi connectivity index (χ2v) is 7.23. The van der Waals surface area contributed by atoms with E-state index in [9.17, 15) is 4.79 Å². The number of ether oxygens (including phenoxy) is 1. The molecule has 0 unspecified atom stereocenters. The summed E-state index contributed by atoms with van der Waals surface area (Å²) in [7, 11) is 1.69. The number of hydrogen-bond donors (Lipinski definition) is 0. The zero-order valence-corrected chi connectivity index (χ0v) is 17.7. The van der Waals surface area contributed by atoms with E-state index in [1.165, 1.54) is 0 Å². The lowest BCUT2D eigenvalue weighted by molar-refractivity contribution is -0.130. The average Bonchev–Trinajstić information content (AvgIpc) is 3.16. The first-order valence-electron chi connectivity index (χ1n) is 9.20. The van der Waals surface area contributed by atoms with Crippen molar-refractivity contribution in [1.82, 2.24) is 15.0 Å². The van der Waals surface area contributed by atoms with Gasteiger partial charge in [0.1, 0.15) is 5.75 Å². The minimum absolute atomic E-state index is 0.0678. The summed E-state index contributed by atoms with van der Waals surface area (Å²) in [6, 6.07) is 12.7. The van der Waals surface area contributed by atoms with E-state index in [4.69, 9.17) is 32.5 Å². The second kappa shape index (κ2) is 9.76. The van der Waals surface area contributed by atoms with Crippen LogP contribution in [0.3, 0.4) is 0 Å². The quantitative estimate of drug-likeness (QED) is 0.497. The van der Waals surface area contributed by atoms with Crippen molar-refractivity contribution in [3.05, 3.63) is 64.0 Å². The van der Waals surface area contributed by atoms with E-state index in [0.29, 0.717) is 34.8 Å². The minimum Gasteiger partial charge on any atom is -0.494 e. The van der Waals surface area contributed by atoms with Crippen molar-refractivity contribution in [3.63, 3.8) is 0 Å². The van der Waals surface area contributed by atoms with Gasteiger partial charge in [0.15, 0.2) is 0 Å². The summed E-state index contributed by atoms with van der Waals surface area (Å²) in [5.74, 6) is 1.54. The van der Waals surface area contributed by atoms with Crippen LogP contribution in [-0.2, 0) is 17.8 Å². The Labute approximate surface area is 179 Å². The number of carbonyl (C=O) groups excluding carboxylic acids is 1. The molecule has 2 aromatic carbocycles. The molecule has 0 aliphatic carbocycles. The van der Waals surface area contributed by atoms with Gasteiger partial charge in [-0.15, -0.1) is 0 Å². The van der Waals surface area contributed by atoms with E-state index < -0.39 is 0 Å². The van der Waals surface area contributed by atoms with Crippen molar-refractivity contribution in [2.75, 3.05) is 13.7 Å². The highest BCUT2D eigenvalue weighted by molar-refractivity contribution is 6.36. The van der Waals surface area contributed by atoms with Crippen LogP contribution in [0.1, 0.15) is 24.8 Å². The standard InChI is InChI=1S/C21H21Cl2N3O3/c1-3-28-15-9-7-14(8-10-15)21-24-19(29-25-21)13-26(2)20(27)12-11-16-17(22)5-4-6-18(16)23/h4-10H,3,11-13H2,1-2H3. The normalized spacial score (nSPS) is 10.8. The highest BCUT2D eigenvalue weighted by Gasteiger charge is 2.16. The third-order valence-electron chi connectivity index (χ3n) is 4.34. The van der Waals surface area contributed by atoms with Gasteiger partial charge in [0.05, 0.1) is 13.2 Å². The Morgan fingerprint density at radius 3 is 2.48 bits per heavy atom. The lowest BCUT2D eigenvalue weighted by atomic mass is 10.1. The molecule has 1 aromatic heterocycles. The number of aromatic nitrogens is 2. The van der Waals surface area contributed by atoms with Gasteiger partial charge in [-0.05, 0) is 55.3 Å². The lowest BCUT2D eigenvalue weighted by Gasteiger charge is -2.15. The van der Waals surface area contributed by atoms with Crippen molar-refractivity contribution in [3.8, 4) is 17.1 Å². The first-order valence-corrected chi connectivity index (χ1v) is 9.96. The van der Waals surface area contributed by atoms with E-state index in [0.717, 1.165) is 16.9 Å². The summed E-state index contributed by atoms with van der Waals surface area (Å²) in [5.41, 5.74) is 1.58. The highest BCUT2D eigenvalue weighted by Crippen LogP contribution is 2.26. The molecule has 0 atom stereocenters. The van der Waals surface area contributed by atoms with E-state index in [2.05, 4.69) is 10.1 Å². The molecule has 0 saturated carbocycles.